The minimum absolute atomic E-state index is 0.284. The third kappa shape index (κ3) is 1.66. The Morgan fingerprint density at radius 2 is 1.62 bits per heavy atom. The second-order valence-corrected chi connectivity index (χ2v) is 5.78. The molecule has 2 nitrogen and oxygen atoms in total. The Bertz CT molecular complexity index is 381. The van der Waals surface area contributed by atoms with Crippen molar-refractivity contribution in [1.82, 2.24) is 0 Å². The molecular weight excluding hydrogens is 200 g/mol. The van der Waals surface area contributed by atoms with Gasteiger partial charge in [0, 0.05) is 6.42 Å². The Balaban J connectivity index is 2.46. The first-order chi connectivity index (χ1) is 7.27. The highest BCUT2D eigenvalue weighted by molar-refractivity contribution is 5.28. The van der Waals surface area contributed by atoms with Crippen molar-refractivity contribution in [2.75, 3.05) is 0 Å². The highest BCUT2D eigenvalue weighted by Crippen LogP contribution is 2.50. The van der Waals surface area contributed by atoms with Gasteiger partial charge in [0.1, 0.15) is 5.60 Å². The van der Waals surface area contributed by atoms with E-state index in [1.807, 2.05) is 58.0 Å². The van der Waals surface area contributed by atoms with E-state index in [1.165, 1.54) is 0 Å². The van der Waals surface area contributed by atoms with E-state index < -0.39 is 11.2 Å². The molecule has 16 heavy (non-hydrogen) atoms. The fraction of sp³-hybridized carbons (Fsp3) is 0.571. The average Bonchev–Trinajstić information content (AvgIpc) is 2.33. The molecule has 1 aromatic rings. The zero-order chi connectivity index (χ0) is 12.0. The summed E-state index contributed by atoms with van der Waals surface area (Å²) in [5.74, 6) is 0. The van der Waals surface area contributed by atoms with E-state index in [1.54, 1.807) is 0 Å². The maximum absolute atomic E-state index is 10.9. The number of aliphatic hydroxyl groups is 1. The molecule has 1 saturated heterocycles. The van der Waals surface area contributed by atoms with Crippen LogP contribution in [0.5, 0.6) is 0 Å². The molecule has 1 aromatic carbocycles. The van der Waals surface area contributed by atoms with Gasteiger partial charge in [0.2, 0.25) is 0 Å². The quantitative estimate of drug-likeness (QED) is 0.788. The van der Waals surface area contributed by atoms with Crippen LogP contribution in [0.1, 0.15) is 39.7 Å². The molecule has 1 N–H and O–H groups in total. The zero-order valence-corrected chi connectivity index (χ0v) is 10.4. The van der Waals surface area contributed by atoms with Gasteiger partial charge >= 0.3 is 0 Å². The minimum Gasteiger partial charge on any atom is -0.382 e. The number of benzene rings is 1. The highest BCUT2D eigenvalue weighted by Gasteiger charge is 2.57. The first-order valence-corrected chi connectivity index (χ1v) is 5.75. The summed E-state index contributed by atoms with van der Waals surface area (Å²) in [5, 5.41) is 10.9. The average molecular weight is 220 g/mol. The molecule has 2 rings (SSSR count). The van der Waals surface area contributed by atoms with Gasteiger partial charge < -0.3 is 9.84 Å². The second-order valence-electron chi connectivity index (χ2n) is 5.78. The van der Waals surface area contributed by atoms with Gasteiger partial charge in [-0.05, 0) is 33.3 Å². The molecule has 0 aromatic heterocycles. The molecule has 1 aliphatic rings. The molecule has 88 valence electrons. The fourth-order valence-electron chi connectivity index (χ4n) is 2.80. The lowest BCUT2D eigenvalue weighted by Crippen LogP contribution is -2.43. The van der Waals surface area contributed by atoms with Crippen molar-refractivity contribution in [3.05, 3.63) is 35.9 Å². The van der Waals surface area contributed by atoms with Gasteiger partial charge in [-0.3, -0.25) is 0 Å². The summed E-state index contributed by atoms with van der Waals surface area (Å²) in [7, 11) is 0. The predicted octanol–water partition coefficient (Wildman–Crippen LogP) is 2.85. The summed E-state index contributed by atoms with van der Waals surface area (Å²) < 4.78 is 5.96. The summed E-state index contributed by atoms with van der Waals surface area (Å²) in [4.78, 5) is 0. The molecule has 1 aliphatic heterocycles. The normalized spacial score (nSPS) is 31.6. The van der Waals surface area contributed by atoms with Gasteiger partial charge in [-0.1, -0.05) is 30.3 Å². The van der Waals surface area contributed by atoms with E-state index in [0.717, 1.165) is 5.56 Å². The smallest absolute Gasteiger partial charge is 0.121 e. The monoisotopic (exact) mass is 220 g/mol. The van der Waals surface area contributed by atoms with Crippen LogP contribution in [0.15, 0.2) is 30.3 Å². The largest absolute Gasteiger partial charge is 0.382 e. The lowest BCUT2D eigenvalue weighted by molar-refractivity contribution is -0.129. The van der Waals surface area contributed by atoms with Crippen LogP contribution in [-0.2, 0) is 10.3 Å². The molecule has 0 amide bonds. The summed E-state index contributed by atoms with van der Waals surface area (Å²) in [6.45, 7) is 7.95. The van der Waals surface area contributed by atoms with Crippen LogP contribution in [-0.4, -0.2) is 16.3 Å². The standard InChI is InChI=1S/C14H20O2/c1-12(2)10-14(15,13(3,4)16-12)11-8-6-5-7-9-11/h5-9,15H,10H2,1-4H3. The molecule has 1 fully saturated rings. The molecule has 0 bridgehead atoms. The Labute approximate surface area is 97.3 Å². The Hall–Kier alpha value is -0.860. The van der Waals surface area contributed by atoms with Gasteiger partial charge in [-0.25, -0.2) is 0 Å². The van der Waals surface area contributed by atoms with Crippen LogP contribution < -0.4 is 0 Å². The molecule has 0 saturated carbocycles. The summed E-state index contributed by atoms with van der Waals surface area (Å²) in [5.41, 5.74) is -0.811. The Kier molecular flexibility index (Phi) is 2.41. The van der Waals surface area contributed by atoms with E-state index in [2.05, 4.69) is 0 Å². The molecule has 0 aliphatic carbocycles. The van der Waals surface area contributed by atoms with E-state index in [0.29, 0.717) is 6.42 Å². The van der Waals surface area contributed by atoms with Gasteiger partial charge in [0.25, 0.3) is 0 Å². The van der Waals surface area contributed by atoms with Crippen LogP contribution in [0.2, 0.25) is 0 Å². The van der Waals surface area contributed by atoms with E-state index in [9.17, 15) is 5.11 Å². The van der Waals surface area contributed by atoms with E-state index in [4.69, 9.17) is 4.74 Å². The molecule has 1 unspecified atom stereocenters. The Morgan fingerprint density at radius 1 is 1.06 bits per heavy atom. The van der Waals surface area contributed by atoms with Gasteiger partial charge in [0.05, 0.1) is 11.2 Å². The highest BCUT2D eigenvalue weighted by atomic mass is 16.5. The van der Waals surface area contributed by atoms with Crippen molar-refractivity contribution >= 4 is 0 Å². The first-order valence-electron chi connectivity index (χ1n) is 5.75. The number of hydrogen-bond acceptors (Lipinski definition) is 2. The summed E-state index contributed by atoms with van der Waals surface area (Å²) >= 11 is 0. The molecular formula is C14H20O2. The summed E-state index contributed by atoms with van der Waals surface area (Å²) in [6, 6.07) is 9.79. The third-order valence-corrected chi connectivity index (χ3v) is 3.46. The van der Waals surface area contributed by atoms with Gasteiger partial charge in [-0.15, -0.1) is 0 Å². The van der Waals surface area contributed by atoms with Crippen molar-refractivity contribution in [3.8, 4) is 0 Å². The minimum atomic E-state index is -0.905. The fourth-order valence-corrected chi connectivity index (χ4v) is 2.80. The predicted molar refractivity (Wildman–Crippen MR) is 64.2 cm³/mol. The van der Waals surface area contributed by atoms with E-state index >= 15 is 0 Å². The number of hydrogen-bond donors (Lipinski definition) is 1. The van der Waals surface area contributed by atoms with Crippen LogP contribution in [0.3, 0.4) is 0 Å². The van der Waals surface area contributed by atoms with Crippen molar-refractivity contribution < 1.29 is 9.84 Å². The first kappa shape index (κ1) is 11.6. The van der Waals surface area contributed by atoms with Crippen molar-refractivity contribution in [2.45, 2.75) is 50.9 Å². The summed E-state index contributed by atoms with van der Waals surface area (Å²) in [6.07, 6.45) is 0.622. The Morgan fingerprint density at radius 3 is 2.06 bits per heavy atom. The van der Waals surface area contributed by atoms with Gasteiger partial charge in [-0.2, -0.15) is 0 Å². The molecule has 1 heterocycles. The van der Waals surface area contributed by atoms with Crippen molar-refractivity contribution in [3.63, 3.8) is 0 Å². The molecule has 0 radical (unpaired) electrons. The molecule has 0 spiro atoms. The maximum Gasteiger partial charge on any atom is 0.121 e. The van der Waals surface area contributed by atoms with Crippen molar-refractivity contribution in [1.29, 1.82) is 0 Å². The lowest BCUT2D eigenvalue weighted by atomic mass is 9.77. The molecule has 1 atom stereocenters. The second kappa shape index (κ2) is 3.31. The number of rotatable bonds is 1. The SMILES string of the molecule is CC1(C)CC(O)(c2ccccc2)C(C)(C)O1. The number of ether oxygens (including phenoxy) is 1. The van der Waals surface area contributed by atoms with Crippen LogP contribution in [0, 0.1) is 0 Å². The van der Waals surface area contributed by atoms with Crippen LogP contribution in [0.25, 0.3) is 0 Å². The zero-order valence-electron chi connectivity index (χ0n) is 10.4. The van der Waals surface area contributed by atoms with Crippen LogP contribution >= 0.6 is 0 Å². The van der Waals surface area contributed by atoms with Gasteiger partial charge in [0.15, 0.2) is 0 Å². The maximum atomic E-state index is 10.9. The topological polar surface area (TPSA) is 29.5 Å². The van der Waals surface area contributed by atoms with Crippen LogP contribution in [0.4, 0.5) is 0 Å². The van der Waals surface area contributed by atoms with Crippen molar-refractivity contribution in [2.24, 2.45) is 0 Å². The van der Waals surface area contributed by atoms with E-state index in [-0.39, 0.29) is 5.60 Å². The third-order valence-electron chi connectivity index (χ3n) is 3.46. The molecule has 2 heteroatoms. The lowest BCUT2D eigenvalue weighted by Gasteiger charge is -2.35.